The van der Waals surface area contributed by atoms with E-state index in [9.17, 15) is 0 Å². The summed E-state index contributed by atoms with van der Waals surface area (Å²) < 4.78 is 0. The first-order valence-electron chi connectivity index (χ1n) is 16.6. The minimum atomic E-state index is 0.315. The lowest BCUT2D eigenvalue weighted by atomic mass is 9.85. The van der Waals surface area contributed by atoms with Gasteiger partial charge in [-0.15, -0.1) is 0 Å². The zero-order valence-electron chi connectivity index (χ0n) is 26.1. The Bertz CT molecular complexity index is 394. The van der Waals surface area contributed by atoms with Gasteiger partial charge in [0, 0.05) is 11.1 Å². The molecule has 0 heterocycles. The number of hydrogen-bond donors (Lipinski definition) is 0. The van der Waals surface area contributed by atoms with Crippen LogP contribution in [0.4, 0.5) is 0 Å². The summed E-state index contributed by atoms with van der Waals surface area (Å²) in [4.78, 5) is 2.95. The minimum absolute atomic E-state index is 0.315. The van der Waals surface area contributed by atoms with E-state index >= 15 is 0 Å². The minimum Gasteiger partial charge on any atom is -0.293 e. The maximum absolute atomic E-state index is 2.95. The molecule has 0 aliphatic heterocycles. The van der Waals surface area contributed by atoms with Crippen molar-refractivity contribution in [3.05, 3.63) is 0 Å². The highest BCUT2D eigenvalue weighted by Gasteiger charge is 2.36. The largest absolute Gasteiger partial charge is 0.293 e. The van der Waals surface area contributed by atoms with Gasteiger partial charge in [0.15, 0.2) is 0 Å². The summed E-state index contributed by atoms with van der Waals surface area (Å²) in [5, 5.41) is 0. The van der Waals surface area contributed by atoms with E-state index in [1.165, 1.54) is 161 Å². The van der Waals surface area contributed by atoms with Crippen LogP contribution < -0.4 is 0 Å². The second-order valence-corrected chi connectivity index (χ2v) is 13.0. The third kappa shape index (κ3) is 19.7. The smallest absolute Gasteiger partial charge is 0.0158 e. The predicted octanol–water partition coefficient (Wildman–Crippen LogP) is 12.3. The molecule has 0 bridgehead atoms. The van der Waals surface area contributed by atoms with Gasteiger partial charge in [0.1, 0.15) is 0 Å². The molecule has 0 aromatic carbocycles. The third-order valence-electron chi connectivity index (χ3n) is 8.48. The molecule has 0 aromatic heterocycles. The van der Waals surface area contributed by atoms with Crippen LogP contribution in [0.3, 0.4) is 0 Å². The Hall–Kier alpha value is -0.0400. The van der Waals surface area contributed by atoms with Crippen molar-refractivity contribution in [3.63, 3.8) is 0 Å². The average Bonchev–Trinajstić information content (AvgIpc) is 2.81. The molecule has 1 heteroatoms. The second-order valence-electron chi connectivity index (χ2n) is 13.0. The van der Waals surface area contributed by atoms with Gasteiger partial charge < -0.3 is 0 Å². The lowest BCUT2D eigenvalue weighted by molar-refractivity contribution is 0.00151. The highest BCUT2D eigenvalue weighted by Crippen LogP contribution is 2.34. The van der Waals surface area contributed by atoms with E-state index in [-0.39, 0.29) is 0 Å². The number of nitrogens with zero attached hydrogens (tertiary/aromatic N) is 1. The van der Waals surface area contributed by atoms with Crippen molar-refractivity contribution >= 4 is 0 Å². The normalized spacial score (nSPS) is 12.7. The molecule has 0 aliphatic carbocycles. The fraction of sp³-hybridized carbons (Fsp3) is 1.00. The van der Waals surface area contributed by atoms with E-state index in [0.717, 1.165) is 0 Å². The first-order valence-corrected chi connectivity index (χ1v) is 16.6. The lowest BCUT2D eigenvalue weighted by Crippen LogP contribution is -2.55. The molecular formula is C34H71N. The van der Waals surface area contributed by atoms with Crippen LogP contribution in [0.2, 0.25) is 0 Å². The molecule has 0 aliphatic rings. The fourth-order valence-electron chi connectivity index (χ4n) is 6.13. The summed E-state index contributed by atoms with van der Waals surface area (Å²) >= 11 is 0. The van der Waals surface area contributed by atoms with Crippen LogP contribution in [0, 0.1) is 0 Å². The van der Waals surface area contributed by atoms with Crippen molar-refractivity contribution in [2.24, 2.45) is 0 Å². The standard InChI is InChI=1S/C34H71N/c1-8-11-14-17-20-23-26-29-32-35(33(4,5)30-27-24-21-18-15-12-9-2)34(6,7)31-28-25-22-19-16-13-10-3/h8-32H2,1-7H3. The zero-order chi connectivity index (χ0) is 26.3. The molecule has 0 unspecified atom stereocenters. The molecule has 35 heavy (non-hydrogen) atoms. The summed E-state index contributed by atoms with van der Waals surface area (Å²) in [5.74, 6) is 0. The molecule has 0 aromatic rings. The average molecular weight is 494 g/mol. The van der Waals surface area contributed by atoms with E-state index in [4.69, 9.17) is 0 Å². The van der Waals surface area contributed by atoms with Gasteiger partial charge in [-0.1, -0.05) is 156 Å². The van der Waals surface area contributed by atoms with Gasteiger partial charge >= 0.3 is 0 Å². The Morgan fingerprint density at radius 2 is 0.600 bits per heavy atom. The van der Waals surface area contributed by atoms with Crippen LogP contribution in [0.15, 0.2) is 0 Å². The van der Waals surface area contributed by atoms with Crippen molar-refractivity contribution in [2.75, 3.05) is 6.54 Å². The highest BCUT2D eigenvalue weighted by molar-refractivity contribution is 4.92. The summed E-state index contributed by atoms with van der Waals surface area (Å²) in [7, 11) is 0. The molecule has 0 rings (SSSR count). The van der Waals surface area contributed by atoms with E-state index in [1.807, 2.05) is 0 Å². The Kier molecular flexibility index (Phi) is 23.1. The summed E-state index contributed by atoms with van der Waals surface area (Å²) in [6, 6.07) is 0. The monoisotopic (exact) mass is 494 g/mol. The van der Waals surface area contributed by atoms with Gasteiger partial charge in [-0.3, -0.25) is 4.90 Å². The van der Waals surface area contributed by atoms with Crippen LogP contribution in [0.1, 0.15) is 203 Å². The van der Waals surface area contributed by atoms with Crippen molar-refractivity contribution in [2.45, 2.75) is 214 Å². The first-order chi connectivity index (χ1) is 16.8. The summed E-state index contributed by atoms with van der Waals surface area (Å²) in [6.45, 7) is 18.5. The van der Waals surface area contributed by atoms with Crippen molar-refractivity contribution in [1.82, 2.24) is 4.90 Å². The topological polar surface area (TPSA) is 3.24 Å². The summed E-state index contributed by atoms with van der Waals surface area (Å²) in [6.07, 6.45) is 33.9. The maximum atomic E-state index is 2.95. The van der Waals surface area contributed by atoms with E-state index in [1.54, 1.807) is 0 Å². The number of hydrogen-bond acceptors (Lipinski definition) is 1. The molecule has 0 fully saturated rings. The van der Waals surface area contributed by atoms with E-state index in [0.29, 0.717) is 11.1 Å². The molecule has 0 saturated carbocycles. The Morgan fingerprint density at radius 3 is 0.914 bits per heavy atom. The molecular weight excluding hydrogens is 422 g/mol. The molecule has 212 valence electrons. The van der Waals surface area contributed by atoms with Gasteiger partial charge in [0.2, 0.25) is 0 Å². The van der Waals surface area contributed by atoms with Gasteiger partial charge in [0.25, 0.3) is 0 Å². The molecule has 0 saturated heterocycles. The van der Waals surface area contributed by atoms with Crippen LogP contribution in [-0.2, 0) is 0 Å². The molecule has 0 amide bonds. The van der Waals surface area contributed by atoms with Gasteiger partial charge in [-0.2, -0.15) is 0 Å². The van der Waals surface area contributed by atoms with Crippen LogP contribution in [0.25, 0.3) is 0 Å². The summed E-state index contributed by atoms with van der Waals surface area (Å²) in [5.41, 5.74) is 0.629. The second kappa shape index (κ2) is 23.1. The lowest BCUT2D eigenvalue weighted by Gasteiger charge is -2.49. The van der Waals surface area contributed by atoms with Crippen LogP contribution >= 0.6 is 0 Å². The van der Waals surface area contributed by atoms with E-state index < -0.39 is 0 Å². The van der Waals surface area contributed by atoms with Crippen molar-refractivity contribution < 1.29 is 0 Å². The first kappa shape index (κ1) is 35.0. The Morgan fingerprint density at radius 1 is 0.343 bits per heavy atom. The van der Waals surface area contributed by atoms with Gasteiger partial charge in [-0.25, -0.2) is 0 Å². The zero-order valence-corrected chi connectivity index (χ0v) is 26.1. The van der Waals surface area contributed by atoms with Crippen LogP contribution in [-0.4, -0.2) is 22.5 Å². The molecule has 1 nitrogen and oxygen atoms in total. The van der Waals surface area contributed by atoms with Gasteiger partial charge in [0.05, 0.1) is 0 Å². The van der Waals surface area contributed by atoms with Crippen molar-refractivity contribution in [3.8, 4) is 0 Å². The van der Waals surface area contributed by atoms with E-state index in [2.05, 4.69) is 53.4 Å². The molecule has 0 atom stereocenters. The van der Waals surface area contributed by atoms with Crippen molar-refractivity contribution in [1.29, 1.82) is 0 Å². The number of unbranched alkanes of at least 4 members (excludes halogenated alkanes) is 19. The molecule has 0 radical (unpaired) electrons. The fourth-order valence-corrected chi connectivity index (χ4v) is 6.13. The maximum Gasteiger partial charge on any atom is 0.0158 e. The highest BCUT2D eigenvalue weighted by atomic mass is 15.2. The molecule has 0 N–H and O–H groups in total. The SMILES string of the molecule is CCCCCCCCCCN(C(C)(C)CCCCCCCCC)C(C)(C)CCCCCCCCC. The quantitative estimate of drug-likeness (QED) is 0.103. The van der Waals surface area contributed by atoms with Gasteiger partial charge in [-0.05, 0) is 53.5 Å². The third-order valence-corrected chi connectivity index (χ3v) is 8.48. The van der Waals surface area contributed by atoms with Crippen LogP contribution in [0.5, 0.6) is 0 Å². The molecule has 0 spiro atoms. The Balaban J connectivity index is 4.65. The Labute approximate surface area is 225 Å². The number of rotatable bonds is 27. The predicted molar refractivity (Wildman–Crippen MR) is 163 cm³/mol.